The zero-order valence-corrected chi connectivity index (χ0v) is 12.9. The molecule has 3 nitrogen and oxygen atoms in total. The van der Waals surface area contributed by atoms with Crippen LogP contribution in [0.15, 0.2) is 18.2 Å². The number of anilines is 1. The van der Waals surface area contributed by atoms with Crippen molar-refractivity contribution in [3.05, 3.63) is 24.0 Å². The Morgan fingerprint density at radius 1 is 1.14 bits per heavy atom. The fourth-order valence-corrected chi connectivity index (χ4v) is 4.02. The van der Waals surface area contributed by atoms with E-state index in [0.29, 0.717) is 12.0 Å². The normalized spacial score (nSPS) is 21.8. The molecule has 0 saturated heterocycles. The van der Waals surface area contributed by atoms with E-state index in [9.17, 15) is 0 Å². The van der Waals surface area contributed by atoms with Gasteiger partial charge in [0.2, 0.25) is 0 Å². The van der Waals surface area contributed by atoms with Crippen LogP contribution in [0.3, 0.4) is 0 Å². The van der Waals surface area contributed by atoms with Crippen molar-refractivity contribution in [3.63, 3.8) is 0 Å². The molecule has 0 spiro atoms. The van der Waals surface area contributed by atoms with Crippen LogP contribution in [0.1, 0.15) is 69.7 Å². The number of imidazole rings is 1. The van der Waals surface area contributed by atoms with Crippen molar-refractivity contribution in [2.75, 3.05) is 5.73 Å². The summed E-state index contributed by atoms with van der Waals surface area (Å²) in [6.07, 6.45) is 9.56. The van der Waals surface area contributed by atoms with Gasteiger partial charge in [-0.15, -0.1) is 0 Å². The first-order chi connectivity index (χ1) is 10.2. The zero-order chi connectivity index (χ0) is 14.4. The average molecular weight is 283 g/mol. The number of hydrogen-bond donors (Lipinski definition) is 1. The second-order valence-corrected chi connectivity index (χ2v) is 7.00. The van der Waals surface area contributed by atoms with Gasteiger partial charge < -0.3 is 10.3 Å². The van der Waals surface area contributed by atoms with Gasteiger partial charge in [-0.1, -0.05) is 19.3 Å². The number of nitrogen functional groups attached to an aromatic ring is 1. The molecule has 2 saturated carbocycles. The summed E-state index contributed by atoms with van der Waals surface area (Å²) in [6, 6.07) is 6.79. The van der Waals surface area contributed by atoms with Gasteiger partial charge in [-0.05, 0) is 56.7 Å². The Morgan fingerprint density at radius 3 is 2.62 bits per heavy atom. The lowest BCUT2D eigenvalue weighted by molar-refractivity contribution is 0.264. The molecule has 1 unspecified atom stereocenters. The van der Waals surface area contributed by atoms with E-state index in [4.69, 9.17) is 10.7 Å². The van der Waals surface area contributed by atoms with Gasteiger partial charge in [-0.25, -0.2) is 4.98 Å². The molecule has 0 aliphatic heterocycles. The third kappa shape index (κ3) is 2.33. The van der Waals surface area contributed by atoms with Crippen LogP contribution in [0.25, 0.3) is 11.0 Å². The van der Waals surface area contributed by atoms with Crippen LogP contribution in [0.2, 0.25) is 0 Å². The largest absolute Gasteiger partial charge is 0.399 e. The van der Waals surface area contributed by atoms with Crippen LogP contribution in [-0.4, -0.2) is 9.55 Å². The number of rotatable bonds is 3. The van der Waals surface area contributed by atoms with Crippen molar-refractivity contribution in [3.8, 4) is 0 Å². The van der Waals surface area contributed by atoms with Gasteiger partial charge in [-0.2, -0.15) is 0 Å². The first-order valence-corrected chi connectivity index (χ1v) is 8.51. The Kier molecular flexibility index (Phi) is 3.16. The van der Waals surface area contributed by atoms with Gasteiger partial charge in [0.05, 0.1) is 11.0 Å². The molecule has 2 aliphatic carbocycles. The maximum Gasteiger partial charge on any atom is 0.113 e. The van der Waals surface area contributed by atoms with Crippen molar-refractivity contribution in [1.29, 1.82) is 0 Å². The SMILES string of the molecule is CC(C1CCCCC1)n1c(C2CC2)nc2cc(N)ccc21. The first-order valence-electron chi connectivity index (χ1n) is 8.51. The van der Waals surface area contributed by atoms with E-state index >= 15 is 0 Å². The number of hydrogen-bond acceptors (Lipinski definition) is 2. The lowest BCUT2D eigenvalue weighted by atomic mass is 9.84. The molecule has 2 N–H and O–H groups in total. The number of nitrogens with zero attached hydrogens (tertiary/aromatic N) is 2. The fraction of sp³-hybridized carbons (Fsp3) is 0.611. The Bertz CT molecular complexity index is 648. The van der Waals surface area contributed by atoms with Crippen molar-refractivity contribution >= 4 is 16.7 Å². The van der Waals surface area contributed by atoms with E-state index in [0.717, 1.165) is 17.1 Å². The average Bonchev–Trinajstić information content (AvgIpc) is 3.28. The molecule has 4 rings (SSSR count). The summed E-state index contributed by atoms with van der Waals surface area (Å²) in [7, 11) is 0. The van der Waals surface area contributed by atoms with Gasteiger partial charge >= 0.3 is 0 Å². The fourth-order valence-electron chi connectivity index (χ4n) is 4.02. The molecule has 1 atom stereocenters. The highest BCUT2D eigenvalue weighted by molar-refractivity contribution is 5.80. The summed E-state index contributed by atoms with van der Waals surface area (Å²) in [5, 5.41) is 0. The molecule has 21 heavy (non-hydrogen) atoms. The second-order valence-electron chi connectivity index (χ2n) is 7.00. The predicted molar refractivity (Wildman–Crippen MR) is 87.4 cm³/mol. The summed E-state index contributed by atoms with van der Waals surface area (Å²) >= 11 is 0. The first kappa shape index (κ1) is 13.2. The minimum absolute atomic E-state index is 0.564. The second kappa shape index (κ2) is 5.04. The molecule has 2 aromatic rings. The highest BCUT2D eigenvalue weighted by Crippen LogP contribution is 2.44. The molecule has 0 amide bonds. The number of fused-ring (bicyclic) bond motifs is 1. The van der Waals surface area contributed by atoms with Crippen LogP contribution in [-0.2, 0) is 0 Å². The van der Waals surface area contributed by atoms with Gasteiger partial charge in [0.25, 0.3) is 0 Å². The van der Waals surface area contributed by atoms with Crippen LogP contribution in [0.4, 0.5) is 5.69 Å². The summed E-state index contributed by atoms with van der Waals surface area (Å²) < 4.78 is 2.54. The number of nitrogens with two attached hydrogens (primary N) is 1. The highest BCUT2D eigenvalue weighted by Gasteiger charge is 2.33. The van der Waals surface area contributed by atoms with Crippen LogP contribution in [0.5, 0.6) is 0 Å². The molecule has 2 aliphatic rings. The quantitative estimate of drug-likeness (QED) is 0.834. The lowest BCUT2D eigenvalue weighted by Gasteiger charge is -2.30. The van der Waals surface area contributed by atoms with E-state index in [1.807, 2.05) is 12.1 Å². The van der Waals surface area contributed by atoms with Crippen LogP contribution in [0, 0.1) is 5.92 Å². The molecule has 3 heteroatoms. The van der Waals surface area contributed by atoms with Gasteiger partial charge in [0, 0.05) is 17.6 Å². The third-order valence-electron chi connectivity index (χ3n) is 5.42. The molecule has 0 bridgehead atoms. The standard InChI is InChI=1S/C18H25N3/c1-12(13-5-3-2-4-6-13)21-17-10-9-15(19)11-16(17)20-18(21)14-7-8-14/h9-14H,2-8,19H2,1H3. The van der Waals surface area contributed by atoms with Crippen molar-refractivity contribution < 1.29 is 0 Å². The lowest BCUT2D eigenvalue weighted by Crippen LogP contribution is -2.20. The van der Waals surface area contributed by atoms with Gasteiger partial charge in [0.15, 0.2) is 0 Å². The van der Waals surface area contributed by atoms with Gasteiger partial charge in [0.1, 0.15) is 5.82 Å². The maximum atomic E-state index is 5.94. The number of aromatic nitrogens is 2. The van der Waals surface area contributed by atoms with E-state index in [1.54, 1.807) is 0 Å². The van der Waals surface area contributed by atoms with Gasteiger partial charge in [-0.3, -0.25) is 0 Å². The molecular formula is C18H25N3. The molecular weight excluding hydrogens is 258 g/mol. The van der Waals surface area contributed by atoms with Crippen molar-refractivity contribution in [1.82, 2.24) is 9.55 Å². The summed E-state index contributed by atoms with van der Waals surface area (Å²) in [5.41, 5.74) is 9.13. The Balaban J connectivity index is 1.79. The third-order valence-corrected chi connectivity index (χ3v) is 5.42. The minimum Gasteiger partial charge on any atom is -0.399 e. The summed E-state index contributed by atoms with van der Waals surface area (Å²) in [6.45, 7) is 2.40. The van der Waals surface area contributed by atoms with E-state index in [1.165, 1.54) is 56.3 Å². The molecule has 112 valence electrons. The van der Waals surface area contributed by atoms with E-state index < -0.39 is 0 Å². The van der Waals surface area contributed by atoms with E-state index in [-0.39, 0.29) is 0 Å². The highest BCUT2D eigenvalue weighted by atomic mass is 15.1. The van der Waals surface area contributed by atoms with Crippen molar-refractivity contribution in [2.45, 2.75) is 63.8 Å². The molecule has 1 aromatic heterocycles. The summed E-state index contributed by atoms with van der Waals surface area (Å²) in [5.74, 6) is 2.81. The molecule has 1 heterocycles. The summed E-state index contributed by atoms with van der Waals surface area (Å²) in [4.78, 5) is 4.93. The van der Waals surface area contributed by atoms with E-state index in [2.05, 4.69) is 17.6 Å². The Labute approximate surface area is 126 Å². The zero-order valence-electron chi connectivity index (χ0n) is 12.9. The minimum atomic E-state index is 0.564. The smallest absolute Gasteiger partial charge is 0.113 e. The maximum absolute atomic E-state index is 5.94. The predicted octanol–water partition coefficient (Wildman–Crippen LogP) is 4.64. The molecule has 1 aromatic carbocycles. The molecule has 2 fully saturated rings. The topological polar surface area (TPSA) is 43.8 Å². The number of benzene rings is 1. The van der Waals surface area contributed by atoms with Crippen LogP contribution >= 0.6 is 0 Å². The molecule has 0 radical (unpaired) electrons. The van der Waals surface area contributed by atoms with Crippen LogP contribution < -0.4 is 5.73 Å². The van der Waals surface area contributed by atoms with Crippen molar-refractivity contribution in [2.24, 2.45) is 5.92 Å². The Hall–Kier alpha value is -1.51. The monoisotopic (exact) mass is 283 g/mol. The Morgan fingerprint density at radius 2 is 1.90 bits per heavy atom.